The molecule has 0 N–H and O–H groups in total. The van der Waals surface area contributed by atoms with Crippen molar-refractivity contribution in [3.63, 3.8) is 0 Å². The first-order valence-electron chi connectivity index (χ1n) is 9.53. The van der Waals surface area contributed by atoms with Crippen molar-refractivity contribution in [2.75, 3.05) is 0 Å². The number of para-hydroxylation sites is 2. The zero-order chi connectivity index (χ0) is 21.8. The van der Waals surface area contributed by atoms with Crippen molar-refractivity contribution in [2.45, 2.75) is 25.3 Å². The summed E-state index contributed by atoms with van der Waals surface area (Å²) in [5, 5.41) is 1.79. The number of nitrogens with zero attached hydrogens (tertiary/aromatic N) is 2. The molecule has 0 saturated carbocycles. The van der Waals surface area contributed by atoms with Gasteiger partial charge in [0.05, 0.1) is 30.3 Å². The van der Waals surface area contributed by atoms with Crippen LogP contribution in [0.5, 0.6) is 0 Å². The first-order chi connectivity index (χ1) is 14.9. The van der Waals surface area contributed by atoms with Gasteiger partial charge in [-0.15, -0.1) is 22.7 Å². The van der Waals surface area contributed by atoms with Gasteiger partial charge in [-0.05, 0) is 50.2 Å². The van der Waals surface area contributed by atoms with Crippen molar-refractivity contribution < 1.29 is 12.6 Å². The summed E-state index contributed by atoms with van der Waals surface area (Å²) in [5.74, 6) is 0. The average molecular weight is 469 g/mol. The summed E-state index contributed by atoms with van der Waals surface area (Å²) < 4.78 is 31.6. The summed E-state index contributed by atoms with van der Waals surface area (Å²) in [4.78, 5) is 8.85. The maximum absolute atomic E-state index is 12.1. The summed E-state index contributed by atoms with van der Waals surface area (Å²) in [5.41, 5.74) is 2.97. The Balaban J connectivity index is 0.000000192. The second kappa shape index (κ2) is 9.23. The van der Waals surface area contributed by atoms with Crippen LogP contribution in [0.2, 0.25) is 0 Å². The lowest BCUT2D eigenvalue weighted by Crippen LogP contribution is -2.06. The SMILES string of the molecule is Cc1ccc(S(=O)(=O)OCc2nc3ccccc3s2)cc1.Cc1nc2ccccc2s1. The third kappa shape index (κ3) is 5.34. The highest BCUT2D eigenvalue weighted by molar-refractivity contribution is 7.86. The van der Waals surface area contributed by atoms with E-state index in [2.05, 4.69) is 16.0 Å². The number of hydrogen-bond acceptors (Lipinski definition) is 7. The van der Waals surface area contributed by atoms with Gasteiger partial charge in [-0.25, -0.2) is 9.97 Å². The van der Waals surface area contributed by atoms with Crippen LogP contribution in [-0.4, -0.2) is 18.4 Å². The highest BCUT2D eigenvalue weighted by Crippen LogP contribution is 2.23. The van der Waals surface area contributed by atoms with Crippen molar-refractivity contribution >= 4 is 53.2 Å². The van der Waals surface area contributed by atoms with Gasteiger partial charge in [0.15, 0.2) is 0 Å². The van der Waals surface area contributed by atoms with Gasteiger partial charge in [0.2, 0.25) is 0 Å². The minimum atomic E-state index is -3.75. The van der Waals surface area contributed by atoms with Crippen LogP contribution in [0.1, 0.15) is 15.6 Å². The topological polar surface area (TPSA) is 69.2 Å². The predicted octanol–water partition coefficient (Wildman–Crippen LogP) is 6.11. The molecule has 0 fully saturated rings. The molecule has 8 heteroatoms. The quantitative estimate of drug-likeness (QED) is 0.297. The second-order valence-corrected chi connectivity index (χ2v) is 10.8. The van der Waals surface area contributed by atoms with Crippen LogP contribution in [0.15, 0.2) is 77.7 Å². The Morgan fingerprint density at radius 3 is 1.97 bits per heavy atom. The van der Waals surface area contributed by atoms with Gasteiger partial charge in [-0.1, -0.05) is 42.0 Å². The van der Waals surface area contributed by atoms with Crippen molar-refractivity contribution in [1.29, 1.82) is 0 Å². The third-order valence-electron chi connectivity index (χ3n) is 4.39. The maximum atomic E-state index is 12.1. The smallest absolute Gasteiger partial charge is 0.259 e. The molecular formula is C23H20N2O3S3. The monoisotopic (exact) mass is 468 g/mol. The number of hydrogen-bond donors (Lipinski definition) is 0. The van der Waals surface area contributed by atoms with Gasteiger partial charge >= 0.3 is 0 Å². The van der Waals surface area contributed by atoms with Crippen LogP contribution >= 0.6 is 22.7 Å². The van der Waals surface area contributed by atoms with E-state index in [1.54, 1.807) is 35.6 Å². The molecule has 2 heterocycles. The fourth-order valence-corrected chi connectivity index (χ4v) is 5.52. The van der Waals surface area contributed by atoms with Gasteiger partial charge < -0.3 is 0 Å². The Kier molecular flexibility index (Phi) is 6.43. The third-order valence-corrected chi connectivity index (χ3v) is 7.63. The average Bonchev–Trinajstić information content (AvgIpc) is 3.35. The normalized spacial score (nSPS) is 11.4. The maximum Gasteiger partial charge on any atom is 0.297 e. The molecule has 0 amide bonds. The Morgan fingerprint density at radius 1 is 0.774 bits per heavy atom. The molecule has 0 aliphatic rings. The van der Waals surface area contributed by atoms with Crippen LogP contribution in [0.3, 0.4) is 0 Å². The molecule has 5 aromatic rings. The van der Waals surface area contributed by atoms with Crippen molar-refractivity contribution in [3.05, 3.63) is 88.4 Å². The first-order valence-corrected chi connectivity index (χ1v) is 12.6. The molecular weight excluding hydrogens is 448 g/mol. The predicted molar refractivity (Wildman–Crippen MR) is 127 cm³/mol. The number of fused-ring (bicyclic) bond motifs is 2. The summed E-state index contributed by atoms with van der Waals surface area (Å²) in [6, 6.07) is 22.4. The molecule has 0 atom stereocenters. The van der Waals surface area contributed by atoms with Crippen LogP contribution in [-0.2, 0) is 20.9 Å². The van der Waals surface area contributed by atoms with Gasteiger partial charge in [0.1, 0.15) is 11.6 Å². The summed E-state index contributed by atoms with van der Waals surface area (Å²) in [7, 11) is -3.75. The Hall–Kier alpha value is -2.65. The molecule has 3 aromatic carbocycles. The lowest BCUT2D eigenvalue weighted by Gasteiger charge is -2.04. The van der Waals surface area contributed by atoms with E-state index in [1.165, 1.54) is 16.0 Å². The fraction of sp³-hybridized carbons (Fsp3) is 0.130. The number of aryl methyl sites for hydroxylation is 2. The minimum Gasteiger partial charge on any atom is -0.259 e. The standard InChI is InChI=1S/C15H13NO3S2.C8H7NS/c1-11-6-8-12(9-7-11)21(17,18)19-10-15-16-13-4-2-3-5-14(13)20-15;1-6-9-7-4-2-3-5-8(7)10-6/h2-9H,10H2,1H3;2-5H,1H3. The Bertz CT molecular complexity index is 1360. The molecule has 5 rings (SSSR count). The number of thiazole rings is 2. The molecule has 0 unspecified atom stereocenters. The number of aromatic nitrogens is 2. The van der Waals surface area contributed by atoms with Crippen LogP contribution in [0, 0.1) is 13.8 Å². The van der Waals surface area contributed by atoms with Crippen molar-refractivity contribution in [3.8, 4) is 0 Å². The van der Waals surface area contributed by atoms with Crippen LogP contribution in [0.4, 0.5) is 0 Å². The second-order valence-electron chi connectivity index (χ2n) is 6.81. The van der Waals surface area contributed by atoms with E-state index in [4.69, 9.17) is 4.18 Å². The zero-order valence-electron chi connectivity index (χ0n) is 17.0. The van der Waals surface area contributed by atoms with Gasteiger partial charge in [0, 0.05) is 0 Å². The zero-order valence-corrected chi connectivity index (χ0v) is 19.4. The van der Waals surface area contributed by atoms with E-state index in [9.17, 15) is 8.42 Å². The molecule has 0 bridgehead atoms. The summed E-state index contributed by atoms with van der Waals surface area (Å²) >= 11 is 3.18. The molecule has 5 nitrogen and oxygen atoms in total. The van der Waals surface area contributed by atoms with Gasteiger partial charge in [0.25, 0.3) is 10.1 Å². The van der Waals surface area contributed by atoms with Gasteiger partial charge in [-0.2, -0.15) is 8.42 Å². The highest BCUT2D eigenvalue weighted by Gasteiger charge is 2.16. The molecule has 31 heavy (non-hydrogen) atoms. The molecule has 0 spiro atoms. The first kappa shape index (κ1) is 21.6. The molecule has 0 radical (unpaired) electrons. The molecule has 2 aromatic heterocycles. The van der Waals surface area contributed by atoms with E-state index >= 15 is 0 Å². The highest BCUT2D eigenvalue weighted by atomic mass is 32.2. The summed E-state index contributed by atoms with van der Waals surface area (Å²) in [6.45, 7) is 3.89. The molecule has 0 saturated heterocycles. The molecule has 158 valence electrons. The van der Waals surface area contributed by atoms with Crippen molar-refractivity contribution in [2.24, 2.45) is 0 Å². The van der Waals surface area contributed by atoms with Gasteiger partial charge in [-0.3, -0.25) is 4.18 Å². The van der Waals surface area contributed by atoms with Crippen LogP contribution < -0.4 is 0 Å². The van der Waals surface area contributed by atoms with E-state index in [0.29, 0.717) is 5.01 Å². The number of rotatable bonds is 4. The summed E-state index contributed by atoms with van der Waals surface area (Å²) in [6.07, 6.45) is 0. The molecule has 0 aliphatic carbocycles. The Labute approximate surface area is 189 Å². The van der Waals surface area contributed by atoms with E-state index in [-0.39, 0.29) is 11.5 Å². The van der Waals surface area contributed by atoms with E-state index in [0.717, 1.165) is 26.3 Å². The number of benzene rings is 3. The molecule has 0 aliphatic heterocycles. The fourth-order valence-electron chi connectivity index (χ4n) is 2.87. The lowest BCUT2D eigenvalue weighted by atomic mass is 10.2. The Morgan fingerprint density at radius 2 is 1.35 bits per heavy atom. The lowest BCUT2D eigenvalue weighted by molar-refractivity contribution is 0.307. The van der Waals surface area contributed by atoms with E-state index in [1.807, 2.05) is 56.3 Å². The minimum absolute atomic E-state index is 0.0461. The van der Waals surface area contributed by atoms with Crippen LogP contribution in [0.25, 0.3) is 20.4 Å². The van der Waals surface area contributed by atoms with Crippen molar-refractivity contribution in [1.82, 2.24) is 9.97 Å². The van der Waals surface area contributed by atoms with E-state index < -0.39 is 10.1 Å². The largest absolute Gasteiger partial charge is 0.297 e.